The fourth-order valence-electron chi connectivity index (χ4n) is 19.2. The largest absolute Gasteiger partial charge is 0.416 e. The molecule has 6 aromatic heterocycles. The van der Waals surface area contributed by atoms with Crippen LogP contribution in [0.1, 0.15) is 153 Å². The van der Waals surface area contributed by atoms with Crippen LogP contribution in [0.5, 0.6) is 0 Å². The van der Waals surface area contributed by atoms with Gasteiger partial charge in [0.05, 0.1) is 109 Å². The zero-order chi connectivity index (χ0) is 90.2. The van der Waals surface area contributed by atoms with E-state index in [4.69, 9.17) is 0 Å². The normalized spacial score (nSPS) is 22.0. The van der Waals surface area contributed by atoms with Gasteiger partial charge in [-0.1, -0.05) is 47.1 Å². The van der Waals surface area contributed by atoms with Crippen molar-refractivity contribution in [1.82, 2.24) is 57.2 Å². The molecule has 18 nitrogen and oxygen atoms in total. The quantitative estimate of drug-likeness (QED) is 0.0421. The third-order valence-corrected chi connectivity index (χ3v) is 32.9. The van der Waals surface area contributed by atoms with Crippen LogP contribution in [0.15, 0.2) is 269 Å². The van der Waals surface area contributed by atoms with Gasteiger partial charge in [0.25, 0.3) is 0 Å². The van der Waals surface area contributed by atoms with Crippen molar-refractivity contribution in [2.24, 2.45) is 16.2 Å². The standard InChI is InChI=1S/C33H30F4N4O2S.C33H31FN4O2S.C32H28F4N4O2S/c1-21-14-15-38-29(16-21)31(42)32-18-22-20-39-41(26-10-7-25(34)8-11-26)30(22)17-24(32)4-9-27(19-32)40(2)44(3,43)28-12-5-23(6-13-28)33(35,36)37;1-41(40,29-7-3-2-4-8-29)38(27-16-17-27)28-13-10-24-19-31-23(22-36-37(31)26-14-11-25(34)12-15-26)20-33(24,21-28)32(39)30-9-5-6-18-35-30;1-39(43(2,42)27-14-7-22(8-15-27)32(34,35)36)26-11-6-23-17-29-21(20-38-40(29)25-12-9-24(33)10-13-25)18-31(23,19-26)30(41)28-5-3-4-16-37-28/h5-8,10-17,20,27H,3-4,9,18-19H2,1-2H3;2-9,11-12,14-15,18-19,22,27-28H,1,10,13,16-17,20-21H2;3-5,7-10,12-17,20,26H,2,6,11,18-19H2,1H3/t27-,32-,44?;28-,33-,41?;26-,31-,43?/m000/s1. The van der Waals surface area contributed by atoms with E-state index in [9.17, 15) is 66.5 Å². The Kier molecular flexibility index (Phi) is 23.5. The molecule has 0 spiro atoms. The minimum absolute atomic E-state index is 0.0137. The molecule has 7 aliphatic carbocycles. The van der Waals surface area contributed by atoms with Gasteiger partial charge in [-0.25, -0.2) is 52.8 Å². The van der Waals surface area contributed by atoms with Crippen LogP contribution in [0, 0.1) is 40.6 Å². The maximum atomic E-state index is 14.5. The number of pyridine rings is 3. The number of ketones is 3. The third-order valence-electron chi connectivity index (χ3n) is 26.1. The lowest BCUT2D eigenvalue weighted by Crippen LogP contribution is -2.51. The van der Waals surface area contributed by atoms with Crippen molar-refractivity contribution in [2.45, 2.75) is 148 Å². The number of aromatic nitrogens is 9. The van der Waals surface area contributed by atoms with E-state index >= 15 is 0 Å². The summed E-state index contributed by atoms with van der Waals surface area (Å²) in [5.74, 6) is 10.8. The summed E-state index contributed by atoms with van der Waals surface area (Å²) in [6.07, 6.45) is 14.9. The van der Waals surface area contributed by atoms with Crippen LogP contribution in [0.4, 0.5) is 39.5 Å². The molecule has 0 radical (unpaired) electrons. The number of allylic oxidation sites excluding steroid dienone is 3. The molecule has 0 saturated heterocycles. The lowest BCUT2D eigenvalue weighted by molar-refractivity contribution is -0.138. The second-order valence-corrected chi connectivity index (χ2v) is 40.7. The van der Waals surface area contributed by atoms with Gasteiger partial charge in [-0.2, -0.15) is 41.6 Å². The maximum Gasteiger partial charge on any atom is 0.416 e. The molecular weight excluding hydrogens is 1710 g/mol. The highest BCUT2D eigenvalue weighted by molar-refractivity contribution is 7.98. The summed E-state index contributed by atoms with van der Waals surface area (Å²) in [4.78, 5) is 57.6. The molecular formula is C98H89F9N12O6S3. The molecule has 0 N–H and O–H groups in total. The van der Waals surface area contributed by atoms with Gasteiger partial charge in [-0.05, 0) is 339 Å². The predicted molar refractivity (Wildman–Crippen MR) is 477 cm³/mol. The first-order valence-corrected chi connectivity index (χ1v) is 46.9. The Balaban J connectivity index is 0.000000135. The Hall–Kier alpha value is -12.1. The number of carbonyl (C=O) groups is 3. The summed E-state index contributed by atoms with van der Waals surface area (Å²) >= 11 is 0. The first-order chi connectivity index (χ1) is 61.1. The Morgan fingerprint density at radius 3 is 1.08 bits per heavy atom. The molecule has 7 aliphatic rings. The van der Waals surface area contributed by atoms with Crippen LogP contribution in [-0.2, 0) is 60.7 Å². The molecule has 6 heterocycles. The molecule has 9 atom stereocenters. The second-order valence-electron chi connectivity index (χ2n) is 33.9. The summed E-state index contributed by atoms with van der Waals surface area (Å²) in [5, 5.41) is 13.8. The Labute approximate surface area is 736 Å². The van der Waals surface area contributed by atoms with Gasteiger partial charge in [-0.3, -0.25) is 29.3 Å². The van der Waals surface area contributed by atoms with E-state index in [2.05, 4.69) is 58.2 Å². The third kappa shape index (κ3) is 16.7. The fourth-order valence-corrected chi connectivity index (χ4v) is 24.5. The number of rotatable bonds is 19. The van der Waals surface area contributed by atoms with Crippen molar-refractivity contribution in [3.8, 4) is 17.1 Å². The van der Waals surface area contributed by atoms with Gasteiger partial charge in [0.1, 0.15) is 34.5 Å². The van der Waals surface area contributed by atoms with Crippen molar-refractivity contribution in [2.75, 3.05) is 14.1 Å². The summed E-state index contributed by atoms with van der Waals surface area (Å²) < 4.78 is 173. The monoisotopic (exact) mass is 1800 g/mol. The number of Topliss-reactive ketones (excluding diaryl/α,β-unsaturated/α-hetero) is 3. The summed E-state index contributed by atoms with van der Waals surface area (Å²) in [6, 6.07) is 49.8. The number of hydrogen-bond acceptors (Lipinski definition) is 12. The number of halogens is 9. The molecule has 3 unspecified atom stereocenters. The van der Waals surface area contributed by atoms with Crippen molar-refractivity contribution < 1.29 is 66.5 Å². The highest BCUT2D eigenvalue weighted by Crippen LogP contribution is 2.56. The number of fused-ring (bicyclic) bond motifs is 6. The number of hydrogen-bond donors (Lipinski definition) is 0. The molecule has 128 heavy (non-hydrogen) atoms. The van der Waals surface area contributed by atoms with Crippen LogP contribution in [0.2, 0.25) is 0 Å². The van der Waals surface area contributed by atoms with Gasteiger partial charge in [0.15, 0.2) is 17.3 Å². The molecule has 0 bridgehead atoms. The Morgan fingerprint density at radius 1 is 0.398 bits per heavy atom. The highest BCUT2D eigenvalue weighted by Gasteiger charge is 2.56. The number of nitrogens with zero attached hydrogens (tertiary/aromatic N) is 12. The van der Waals surface area contributed by atoms with Gasteiger partial charge >= 0.3 is 12.4 Å². The summed E-state index contributed by atoms with van der Waals surface area (Å²) in [7, 11) is -5.82. The molecule has 30 heteroatoms. The number of aryl methyl sites for hydroxylation is 1. The fraction of sp³-hybridized carbons (Fsp3) is 0.265. The maximum absolute atomic E-state index is 14.5. The summed E-state index contributed by atoms with van der Waals surface area (Å²) in [6.45, 7) is 1.89. The smallest absolute Gasteiger partial charge is 0.291 e. The van der Waals surface area contributed by atoms with E-state index < -0.39 is 68.8 Å². The Morgan fingerprint density at radius 2 is 0.734 bits per heavy atom. The van der Waals surface area contributed by atoms with Crippen LogP contribution >= 0.6 is 0 Å². The molecule has 658 valence electrons. The van der Waals surface area contributed by atoms with Crippen LogP contribution in [0.3, 0.4) is 0 Å². The van der Waals surface area contributed by atoms with Crippen LogP contribution < -0.4 is 0 Å². The second kappa shape index (κ2) is 34.2. The number of carbonyl (C=O) groups excluding carboxylic acids is 3. The number of alkyl halides is 6. The highest BCUT2D eigenvalue weighted by atomic mass is 32.2. The van der Waals surface area contributed by atoms with Gasteiger partial charge in [0, 0.05) is 57.4 Å². The van der Waals surface area contributed by atoms with Gasteiger partial charge < -0.3 is 0 Å². The average molecular weight is 1800 g/mol. The van der Waals surface area contributed by atoms with E-state index in [1.165, 1.54) is 60.7 Å². The van der Waals surface area contributed by atoms with E-state index in [1.54, 1.807) is 130 Å². The van der Waals surface area contributed by atoms with Crippen molar-refractivity contribution in [3.05, 3.63) is 339 Å². The first-order valence-electron chi connectivity index (χ1n) is 41.8. The van der Waals surface area contributed by atoms with Gasteiger partial charge in [0.2, 0.25) is 0 Å². The minimum atomic E-state index is -4.51. The molecule has 12 aromatic rings. The molecule has 4 saturated carbocycles. The molecule has 19 rings (SSSR count). The Bertz CT molecular complexity index is 6730. The van der Waals surface area contributed by atoms with Crippen LogP contribution in [0.25, 0.3) is 35.3 Å². The molecule has 0 amide bonds. The van der Waals surface area contributed by atoms with Crippen LogP contribution in [-0.4, -0.2) is 143 Å². The summed E-state index contributed by atoms with van der Waals surface area (Å²) in [5.41, 5.74) is 7.57. The minimum Gasteiger partial charge on any atom is -0.291 e. The number of benzene rings is 6. The van der Waals surface area contributed by atoms with E-state index in [-0.39, 0.29) is 68.8 Å². The van der Waals surface area contributed by atoms with E-state index in [0.717, 1.165) is 110 Å². The first kappa shape index (κ1) is 88.0. The topological polar surface area (TPSA) is 204 Å². The zero-order valence-electron chi connectivity index (χ0n) is 70.0. The molecule has 6 aromatic carbocycles. The van der Waals surface area contributed by atoms with Crippen molar-refractivity contribution in [1.29, 1.82) is 0 Å². The SMILES string of the molecule is C=S(=O)(c1ccc(C(F)(F)F)cc1)N(C)[C@H]1CCC2=Cc3c(cnn3-c3ccc(F)cc3)C[C@]2(C(=O)c2cc(C)ccn2)C1.C=S(=O)(c1ccc(C(F)(F)F)cc1)N(C)[C@H]1CCC2=Cc3c(cnn3-c3ccc(F)cc3)C[C@]2(C(=O)c2ccccn2)C1.C=S(=O)(c1ccccc1)N(C1CC1)[C@H]1CCC2=Cc3c(cnn3-c3ccc(F)cc3)C[C@]2(C(=O)c2ccccn2)C1. The van der Waals surface area contributed by atoms with Crippen molar-refractivity contribution in [3.63, 3.8) is 0 Å². The average Bonchev–Trinajstić information content (AvgIpc) is 1.32. The lowest BCUT2D eigenvalue weighted by Gasteiger charge is -2.47. The zero-order valence-corrected chi connectivity index (χ0v) is 72.5. The van der Waals surface area contributed by atoms with E-state index in [1.807, 2.05) is 78.5 Å². The molecule has 4 fully saturated rings. The predicted octanol–water partition coefficient (Wildman–Crippen LogP) is 19.0. The van der Waals surface area contributed by atoms with E-state index in [0.29, 0.717) is 99.1 Å². The molecule has 0 aliphatic heterocycles. The lowest BCUT2D eigenvalue weighted by atomic mass is 9.60. The van der Waals surface area contributed by atoms with Crippen molar-refractivity contribution >= 4 is 82.3 Å². The van der Waals surface area contributed by atoms with Gasteiger partial charge in [-0.15, -0.1) is 0 Å².